The second-order valence-electron chi connectivity index (χ2n) is 4.04. The summed E-state index contributed by atoms with van der Waals surface area (Å²) in [5, 5.41) is 8.63. The molecule has 0 aliphatic heterocycles. The van der Waals surface area contributed by atoms with Crippen LogP contribution in [0.15, 0.2) is 52.4 Å². The number of carbonyl (C=O) groups excluding carboxylic acids is 1. The van der Waals surface area contributed by atoms with Crippen molar-refractivity contribution < 1.29 is 9.53 Å². The Balaban J connectivity index is 2.27. The largest absolute Gasteiger partial charge is 0.494 e. The number of aliphatic imine (C=N–C) groups is 1. The van der Waals surface area contributed by atoms with Crippen molar-refractivity contribution in [1.82, 2.24) is 0 Å². The van der Waals surface area contributed by atoms with Crippen LogP contribution in [0.5, 0.6) is 5.75 Å². The molecule has 0 amide bonds. The van der Waals surface area contributed by atoms with E-state index in [-0.39, 0.29) is 5.12 Å². The molecule has 0 atom stereocenters. The van der Waals surface area contributed by atoms with Crippen LogP contribution in [0.2, 0.25) is 0 Å². The number of carbonyl (C=O) groups is 1. The summed E-state index contributed by atoms with van der Waals surface area (Å²) in [5.74, 6) is 0.572. The predicted octanol–water partition coefficient (Wildman–Crippen LogP) is 3.83. The van der Waals surface area contributed by atoms with Crippen LogP contribution < -0.4 is 4.74 Å². The van der Waals surface area contributed by atoms with E-state index in [0.717, 1.165) is 11.8 Å². The SMILES string of the molecule is C=Nc1c(OC)cccc1SC(=O)c1ccc(C#N)cc1. The minimum atomic E-state index is -0.127. The first kappa shape index (κ1) is 14.8. The summed E-state index contributed by atoms with van der Waals surface area (Å²) in [6, 6.07) is 13.9. The molecule has 21 heavy (non-hydrogen) atoms. The molecule has 0 saturated heterocycles. The quantitative estimate of drug-likeness (QED) is 0.635. The summed E-state index contributed by atoms with van der Waals surface area (Å²) in [6.07, 6.45) is 0. The maximum absolute atomic E-state index is 12.3. The summed E-state index contributed by atoms with van der Waals surface area (Å²) in [6.45, 7) is 3.51. The maximum Gasteiger partial charge on any atom is 0.224 e. The molecule has 0 spiro atoms. The van der Waals surface area contributed by atoms with Crippen LogP contribution in [0.3, 0.4) is 0 Å². The number of benzene rings is 2. The summed E-state index contributed by atoms with van der Waals surface area (Å²) >= 11 is 1.06. The van der Waals surface area contributed by atoms with Gasteiger partial charge in [-0.2, -0.15) is 5.26 Å². The Morgan fingerprint density at radius 1 is 1.29 bits per heavy atom. The molecule has 0 saturated carbocycles. The lowest BCUT2D eigenvalue weighted by Gasteiger charge is -2.08. The molecule has 4 nitrogen and oxygen atoms in total. The smallest absolute Gasteiger partial charge is 0.224 e. The van der Waals surface area contributed by atoms with E-state index in [9.17, 15) is 4.79 Å². The molecule has 0 aliphatic carbocycles. The van der Waals surface area contributed by atoms with Gasteiger partial charge in [0.25, 0.3) is 0 Å². The highest BCUT2D eigenvalue weighted by Crippen LogP contribution is 2.38. The fourth-order valence-corrected chi connectivity index (χ4v) is 2.61. The van der Waals surface area contributed by atoms with Gasteiger partial charge in [-0.05, 0) is 54.9 Å². The lowest BCUT2D eigenvalue weighted by molar-refractivity contribution is 0.108. The van der Waals surface area contributed by atoms with Gasteiger partial charge in [-0.25, -0.2) is 0 Å². The zero-order chi connectivity index (χ0) is 15.2. The number of nitrogens with zero attached hydrogens (tertiary/aromatic N) is 2. The summed E-state index contributed by atoms with van der Waals surface area (Å²) in [7, 11) is 1.54. The average Bonchev–Trinajstić information content (AvgIpc) is 2.54. The van der Waals surface area contributed by atoms with Crippen molar-refractivity contribution in [2.24, 2.45) is 4.99 Å². The van der Waals surface area contributed by atoms with Crippen LogP contribution in [-0.4, -0.2) is 18.9 Å². The second kappa shape index (κ2) is 6.73. The van der Waals surface area contributed by atoms with Gasteiger partial charge in [0.2, 0.25) is 5.12 Å². The molecule has 0 fully saturated rings. The van der Waals surface area contributed by atoms with Gasteiger partial charge in [0.1, 0.15) is 11.4 Å². The lowest BCUT2D eigenvalue weighted by atomic mass is 10.2. The van der Waals surface area contributed by atoms with Crippen LogP contribution >= 0.6 is 11.8 Å². The third kappa shape index (κ3) is 3.30. The summed E-state index contributed by atoms with van der Waals surface area (Å²) < 4.78 is 5.20. The third-order valence-electron chi connectivity index (χ3n) is 2.79. The van der Waals surface area contributed by atoms with Gasteiger partial charge in [0.15, 0.2) is 0 Å². The number of thioether (sulfide) groups is 1. The zero-order valence-corrected chi connectivity index (χ0v) is 12.2. The van der Waals surface area contributed by atoms with Crippen molar-refractivity contribution in [3.05, 3.63) is 53.6 Å². The van der Waals surface area contributed by atoms with E-state index in [1.165, 1.54) is 0 Å². The van der Waals surface area contributed by atoms with E-state index in [1.807, 2.05) is 6.07 Å². The summed E-state index contributed by atoms with van der Waals surface area (Å²) in [5.41, 5.74) is 1.59. The van der Waals surface area contributed by atoms with E-state index >= 15 is 0 Å². The normalized spacial score (nSPS) is 9.71. The number of para-hydroxylation sites is 1. The number of methoxy groups -OCH3 is 1. The summed E-state index contributed by atoms with van der Waals surface area (Å²) in [4.78, 5) is 16.9. The van der Waals surface area contributed by atoms with Gasteiger partial charge in [-0.1, -0.05) is 6.07 Å². The second-order valence-corrected chi connectivity index (χ2v) is 5.06. The molecule has 2 aromatic carbocycles. The van der Waals surface area contributed by atoms with E-state index < -0.39 is 0 Å². The molecule has 0 bridgehead atoms. The molecule has 2 rings (SSSR count). The zero-order valence-electron chi connectivity index (χ0n) is 11.4. The van der Waals surface area contributed by atoms with Crippen LogP contribution in [0.25, 0.3) is 0 Å². The standard InChI is InChI=1S/C16H12N2O2S/c1-18-15-13(20-2)4-3-5-14(15)21-16(19)12-8-6-11(10-17)7-9-12/h3-9H,1H2,2H3. The first-order chi connectivity index (χ1) is 10.2. The van der Waals surface area contributed by atoms with E-state index in [4.69, 9.17) is 10.00 Å². The highest BCUT2D eigenvalue weighted by atomic mass is 32.2. The fraction of sp³-hybridized carbons (Fsp3) is 0.0625. The minimum absolute atomic E-state index is 0.127. The molecule has 0 radical (unpaired) electrons. The van der Waals surface area contributed by atoms with Gasteiger partial charge in [0.05, 0.1) is 18.7 Å². The van der Waals surface area contributed by atoms with Crippen molar-refractivity contribution >= 4 is 29.3 Å². The maximum atomic E-state index is 12.3. The average molecular weight is 296 g/mol. The highest BCUT2D eigenvalue weighted by molar-refractivity contribution is 8.14. The van der Waals surface area contributed by atoms with E-state index in [2.05, 4.69) is 11.7 Å². The van der Waals surface area contributed by atoms with Crippen LogP contribution in [0.4, 0.5) is 5.69 Å². The minimum Gasteiger partial charge on any atom is -0.494 e. The van der Waals surface area contributed by atoms with Gasteiger partial charge in [0, 0.05) is 10.5 Å². The Labute approximate surface area is 127 Å². The number of rotatable bonds is 4. The van der Waals surface area contributed by atoms with E-state index in [0.29, 0.717) is 27.5 Å². The molecule has 0 aliphatic rings. The van der Waals surface area contributed by atoms with E-state index in [1.54, 1.807) is 49.6 Å². The molecule has 0 N–H and O–H groups in total. The topological polar surface area (TPSA) is 62.4 Å². The Morgan fingerprint density at radius 3 is 2.57 bits per heavy atom. The van der Waals surface area contributed by atoms with Crippen molar-refractivity contribution in [3.63, 3.8) is 0 Å². The van der Waals surface area contributed by atoms with Crippen molar-refractivity contribution in [2.75, 3.05) is 7.11 Å². The number of nitriles is 1. The Kier molecular flexibility index (Phi) is 4.75. The van der Waals surface area contributed by atoms with Crippen molar-refractivity contribution in [2.45, 2.75) is 4.90 Å². The first-order valence-corrected chi connectivity index (χ1v) is 6.87. The van der Waals surface area contributed by atoms with Gasteiger partial charge in [-0.3, -0.25) is 9.79 Å². The van der Waals surface area contributed by atoms with Crippen LogP contribution in [0, 0.1) is 11.3 Å². The van der Waals surface area contributed by atoms with Crippen LogP contribution in [-0.2, 0) is 0 Å². The van der Waals surface area contributed by atoms with Crippen LogP contribution in [0.1, 0.15) is 15.9 Å². The molecule has 104 valence electrons. The number of hydrogen-bond acceptors (Lipinski definition) is 5. The monoisotopic (exact) mass is 296 g/mol. The predicted molar refractivity (Wildman–Crippen MR) is 83.5 cm³/mol. The van der Waals surface area contributed by atoms with Gasteiger partial charge in [-0.15, -0.1) is 0 Å². The molecular weight excluding hydrogens is 284 g/mol. The number of hydrogen-bond donors (Lipinski definition) is 0. The highest BCUT2D eigenvalue weighted by Gasteiger charge is 2.13. The van der Waals surface area contributed by atoms with Crippen molar-refractivity contribution in [3.8, 4) is 11.8 Å². The molecule has 0 heterocycles. The molecule has 2 aromatic rings. The molecule has 5 heteroatoms. The first-order valence-electron chi connectivity index (χ1n) is 6.05. The number of ether oxygens (including phenoxy) is 1. The third-order valence-corrected chi connectivity index (χ3v) is 3.76. The fourth-order valence-electron chi connectivity index (χ4n) is 1.74. The van der Waals surface area contributed by atoms with Gasteiger partial charge >= 0.3 is 0 Å². The Bertz CT molecular complexity index is 718. The van der Waals surface area contributed by atoms with Gasteiger partial charge < -0.3 is 4.74 Å². The van der Waals surface area contributed by atoms with Crippen molar-refractivity contribution in [1.29, 1.82) is 5.26 Å². The lowest BCUT2D eigenvalue weighted by Crippen LogP contribution is -1.94. The Hall–Kier alpha value is -2.58. The molecule has 0 aromatic heterocycles. The molecular formula is C16H12N2O2S. The Morgan fingerprint density at radius 2 is 2.00 bits per heavy atom. The molecule has 0 unspecified atom stereocenters.